The number of carbonyl (C=O) groups is 1. The van der Waals surface area contributed by atoms with Gasteiger partial charge in [-0.15, -0.1) is 0 Å². The predicted molar refractivity (Wildman–Crippen MR) is 74.6 cm³/mol. The van der Waals surface area contributed by atoms with Gasteiger partial charge >= 0.3 is 0 Å². The number of hydrogen-bond donors (Lipinski definition) is 3. The van der Waals surface area contributed by atoms with Gasteiger partial charge in [-0.25, -0.2) is 4.39 Å². The van der Waals surface area contributed by atoms with E-state index in [2.05, 4.69) is 21.2 Å². The number of amides is 1. The first kappa shape index (κ1) is 13.4. The molecule has 98 valence electrons. The van der Waals surface area contributed by atoms with Gasteiger partial charge in [0.25, 0.3) is 5.91 Å². The summed E-state index contributed by atoms with van der Waals surface area (Å²) < 4.78 is 13.7. The molecule has 0 heterocycles. The summed E-state index contributed by atoms with van der Waals surface area (Å²) in [5.74, 6) is -1.48. The number of halogens is 2. The summed E-state index contributed by atoms with van der Waals surface area (Å²) in [6, 6.07) is 8.01. The molecular formula is C13H10BrFN2O2. The third kappa shape index (κ3) is 3.03. The van der Waals surface area contributed by atoms with Gasteiger partial charge in [-0.05, 0) is 52.3 Å². The number of aromatic hydroxyl groups is 1. The van der Waals surface area contributed by atoms with Crippen molar-refractivity contribution >= 4 is 33.2 Å². The molecule has 0 spiro atoms. The monoisotopic (exact) mass is 324 g/mol. The quantitative estimate of drug-likeness (QED) is 0.743. The van der Waals surface area contributed by atoms with Crippen LogP contribution in [-0.2, 0) is 0 Å². The van der Waals surface area contributed by atoms with Gasteiger partial charge in [0.1, 0.15) is 11.6 Å². The molecule has 0 bridgehead atoms. The summed E-state index contributed by atoms with van der Waals surface area (Å²) in [6.45, 7) is 0. The first-order valence-corrected chi connectivity index (χ1v) is 6.11. The number of rotatable bonds is 2. The first-order chi connectivity index (χ1) is 8.97. The van der Waals surface area contributed by atoms with Gasteiger partial charge < -0.3 is 16.2 Å². The van der Waals surface area contributed by atoms with Crippen molar-refractivity contribution in [2.75, 3.05) is 11.1 Å². The largest absolute Gasteiger partial charge is 0.507 e. The lowest BCUT2D eigenvalue weighted by Gasteiger charge is -2.08. The Kier molecular flexibility index (Phi) is 3.71. The highest BCUT2D eigenvalue weighted by molar-refractivity contribution is 9.10. The Labute approximate surface area is 117 Å². The van der Waals surface area contributed by atoms with E-state index >= 15 is 0 Å². The van der Waals surface area contributed by atoms with E-state index in [-0.39, 0.29) is 11.3 Å². The number of nitrogens with two attached hydrogens (primary N) is 1. The maximum absolute atomic E-state index is 13.0. The van der Waals surface area contributed by atoms with Crippen LogP contribution in [0.5, 0.6) is 5.75 Å². The number of nitrogens with one attached hydrogen (secondary N) is 1. The fourth-order valence-electron chi connectivity index (χ4n) is 1.49. The molecule has 2 aromatic rings. The van der Waals surface area contributed by atoms with E-state index in [1.54, 1.807) is 18.2 Å². The second kappa shape index (κ2) is 5.27. The number of hydrogen-bond acceptors (Lipinski definition) is 3. The fourth-order valence-corrected chi connectivity index (χ4v) is 1.87. The molecule has 0 atom stereocenters. The third-order valence-electron chi connectivity index (χ3n) is 2.46. The molecule has 2 rings (SSSR count). The van der Waals surface area contributed by atoms with E-state index in [9.17, 15) is 14.3 Å². The Morgan fingerprint density at radius 1 is 1.26 bits per heavy atom. The third-order valence-corrected chi connectivity index (χ3v) is 3.15. The molecule has 4 nitrogen and oxygen atoms in total. The van der Waals surface area contributed by atoms with Crippen LogP contribution in [-0.4, -0.2) is 11.0 Å². The molecule has 0 aliphatic carbocycles. The fraction of sp³-hybridized carbons (Fsp3) is 0. The summed E-state index contributed by atoms with van der Waals surface area (Å²) >= 11 is 3.23. The smallest absolute Gasteiger partial charge is 0.259 e. The van der Waals surface area contributed by atoms with E-state index < -0.39 is 11.7 Å². The van der Waals surface area contributed by atoms with Crippen molar-refractivity contribution in [3.05, 3.63) is 52.3 Å². The Hall–Kier alpha value is -2.08. The van der Waals surface area contributed by atoms with Crippen LogP contribution in [0.4, 0.5) is 15.8 Å². The van der Waals surface area contributed by atoms with Gasteiger partial charge in [-0.3, -0.25) is 4.79 Å². The van der Waals surface area contributed by atoms with Crippen molar-refractivity contribution in [3.63, 3.8) is 0 Å². The molecular weight excluding hydrogens is 315 g/mol. The van der Waals surface area contributed by atoms with Crippen molar-refractivity contribution in [2.45, 2.75) is 0 Å². The summed E-state index contributed by atoms with van der Waals surface area (Å²) in [6.07, 6.45) is 0. The van der Waals surface area contributed by atoms with E-state index in [0.717, 1.165) is 18.2 Å². The number of phenols is 1. The standard InChI is InChI=1S/C13H10BrFN2O2/c14-10-6-8(2-3-11(10)16)17-13(19)9-5-7(15)1-4-12(9)18/h1-6,18H,16H2,(H,17,19). The average molecular weight is 325 g/mol. The molecule has 19 heavy (non-hydrogen) atoms. The normalized spacial score (nSPS) is 10.2. The minimum atomic E-state index is -0.603. The average Bonchev–Trinajstić information content (AvgIpc) is 2.36. The summed E-state index contributed by atoms with van der Waals surface area (Å²) in [5, 5.41) is 12.1. The van der Waals surface area contributed by atoms with E-state index in [0.29, 0.717) is 15.8 Å². The Balaban J connectivity index is 2.25. The summed E-state index contributed by atoms with van der Waals surface area (Å²) in [4.78, 5) is 11.9. The zero-order chi connectivity index (χ0) is 14.0. The Morgan fingerprint density at radius 2 is 2.00 bits per heavy atom. The molecule has 2 aromatic carbocycles. The van der Waals surface area contributed by atoms with Crippen molar-refractivity contribution in [2.24, 2.45) is 0 Å². The van der Waals surface area contributed by atoms with Crippen molar-refractivity contribution < 1.29 is 14.3 Å². The summed E-state index contributed by atoms with van der Waals surface area (Å²) in [7, 11) is 0. The maximum Gasteiger partial charge on any atom is 0.259 e. The van der Waals surface area contributed by atoms with Crippen molar-refractivity contribution in [1.82, 2.24) is 0 Å². The highest BCUT2D eigenvalue weighted by Crippen LogP contribution is 2.24. The zero-order valence-electron chi connectivity index (χ0n) is 9.65. The van der Waals surface area contributed by atoms with Gasteiger partial charge in [0.05, 0.1) is 5.56 Å². The number of phenolic OH excluding ortho intramolecular Hbond substituents is 1. The number of carbonyl (C=O) groups excluding carboxylic acids is 1. The molecule has 0 unspecified atom stereocenters. The number of anilines is 2. The van der Waals surface area contributed by atoms with Crippen LogP contribution in [0.15, 0.2) is 40.9 Å². The van der Waals surface area contributed by atoms with Crippen LogP contribution in [0.1, 0.15) is 10.4 Å². The molecule has 6 heteroatoms. The van der Waals surface area contributed by atoms with Crippen LogP contribution < -0.4 is 11.1 Å². The second-order valence-corrected chi connectivity index (χ2v) is 4.71. The molecule has 0 aromatic heterocycles. The van der Waals surface area contributed by atoms with Crippen LogP contribution in [0, 0.1) is 5.82 Å². The highest BCUT2D eigenvalue weighted by Gasteiger charge is 2.12. The molecule has 0 saturated carbocycles. The zero-order valence-corrected chi connectivity index (χ0v) is 11.2. The molecule has 0 fully saturated rings. The van der Waals surface area contributed by atoms with E-state index in [1.807, 2.05) is 0 Å². The maximum atomic E-state index is 13.0. The van der Waals surface area contributed by atoms with Crippen molar-refractivity contribution in [3.8, 4) is 5.75 Å². The van der Waals surface area contributed by atoms with Crippen LogP contribution in [0.25, 0.3) is 0 Å². The van der Waals surface area contributed by atoms with Crippen LogP contribution in [0.2, 0.25) is 0 Å². The topological polar surface area (TPSA) is 75.3 Å². The lowest BCUT2D eigenvalue weighted by Crippen LogP contribution is -2.12. The SMILES string of the molecule is Nc1ccc(NC(=O)c2cc(F)ccc2O)cc1Br. The van der Waals surface area contributed by atoms with Gasteiger partial charge in [-0.1, -0.05) is 0 Å². The molecule has 1 amide bonds. The predicted octanol–water partition coefficient (Wildman–Crippen LogP) is 3.13. The lowest BCUT2D eigenvalue weighted by atomic mass is 10.1. The van der Waals surface area contributed by atoms with Crippen LogP contribution >= 0.6 is 15.9 Å². The van der Waals surface area contributed by atoms with Gasteiger partial charge in [0, 0.05) is 15.8 Å². The molecule has 0 radical (unpaired) electrons. The minimum Gasteiger partial charge on any atom is -0.507 e. The van der Waals surface area contributed by atoms with Crippen molar-refractivity contribution in [1.29, 1.82) is 0 Å². The van der Waals surface area contributed by atoms with Crippen LogP contribution in [0.3, 0.4) is 0 Å². The molecule has 4 N–H and O–H groups in total. The lowest BCUT2D eigenvalue weighted by molar-refractivity contribution is 0.102. The van der Waals surface area contributed by atoms with E-state index in [4.69, 9.17) is 5.73 Å². The van der Waals surface area contributed by atoms with Gasteiger partial charge in [0.15, 0.2) is 0 Å². The van der Waals surface area contributed by atoms with Gasteiger partial charge in [-0.2, -0.15) is 0 Å². The molecule has 0 saturated heterocycles. The second-order valence-electron chi connectivity index (χ2n) is 3.85. The first-order valence-electron chi connectivity index (χ1n) is 5.32. The number of nitrogen functional groups attached to an aromatic ring is 1. The van der Waals surface area contributed by atoms with Gasteiger partial charge in [0.2, 0.25) is 0 Å². The highest BCUT2D eigenvalue weighted by atomic mass is 79.9. The van der Waals surface area contributed by atoms with E-state index in [1.165, 1.54) is 0 Å². The Bertz CT molecular complexity index is 647. The summed E-state index contributed by atoms with van der Waals surface area (Å²) in [5.41, 5.74) is 6.51. The Morgan fingerprint density at radius 3 is 2.68 bits per heavy atom. The minimum absolute atomic E-state index is 0.132. The molecule has 0 aliphatic rings. The number of benzene rings is 2. The molecule has 0 aliphatic heterocycles.